The minimum atomic E-state index is -0.00904. The molecule has 0 bridgehead atoms. The first-order valence-electron chi connectivity index (χ1n) is 10.3. The van der Waals surface area contributed by atoms with Crippen LogP contribution in [0.15, 0.2) is 60.9 Å². The molecular formula is C24H28N4O. The van der Waals surface area contributed by atoms with Gasteiger partial charge < -0.3 is 14.8 Å². The van der Waals surface area contributed by atoms with E-state index in [-0.39, 0.29) is 5.91 Å². The summed E-state index contributed by atoms with van der Waals surface area (Å²) >= 11 is 0. The number of aromatic nitrogens is 2. The van der Waals surface area contributed by atoms with Crippen LogP contribution in [0.2, 0.25) is 0 Å². The zero-order chi connectivity index (χ0) is 20.2. The highest BCUT2D eigenvalue weighted by Crippen LogP contribution is 2.31. The molecule has 2 heterocycles. The van der Waals surface area contributed by atoms with Crippen molar-refractivity contribution in [2.45, 2.75) is 39.3 Å². The summed E-state index contributed by atoms with van der Waals surface area (Å²) in [5.74, 6) is 0.979. The van der Waals surface area contributed by atoms with Crippen LogP contribution < -0.4 is 10.2 Å². The number of fused-ring (bicyclic) bond motifs is 1. The molecule has 3 aromatic rings. The quantitative estimate of drug-likeness (QED) is 0.626. The van der Waals surface area contributed by atoms with Crippen LogP contribution in [0.5, 0.6) is 0 Å². The van der Waals surface area contributed by atoms with Crippen molar-refractivity contribution in [2.24, 2.45) is 0 Å². The average Bonchev–Trinajstić information content (AvgIpc) is 3.28. The molecule has 1 aliphatic heterocycles. The fourth-order valence-corrected chi connectivity index (χ4v) is 4.05. The van der Waals surface area contributed by atoms with Crippen molar-refractivity contribution in [3.8, 4) is 0 Å². The third kappa shape index (κ3) is 4.34. The third-order valence-electron chi connectivity index (χ3n) is 5.70. The average molecular weight is 389 g/mol. The summed E-state index contributed by atoms with van der Waals surface area (Å²) in [5.41, 5.74) is 4.63. The van der Waals surface area contributed by atoms with E-state index in [4.69, 9.17) is 0 Å². The first-order valence-corrected chi connectivity index (χ1v) is 10.3. The summed E-state index contributed by atoms with van der Waals surface area (Å²) < 4.78 is 2.09. The maximum absolute atomic E-state index is 12.4. The summed E-state index contributed by atoms with van der Waals surface area (Å²) in [7, 11) is 0. The molecule has 0 radical (unpaired) electrons. The largest absolute Gasteiger partial charge is 0.368 e. The molecule has 0 saturated carbocycles. The van der Waals surface area contributed by atoms with Gasteiger partial charge in [0.15, 0.2) is 0 Å². The summed E-state index contributed by atoms with van der Waals surface area (Å²) in [4.78, 5) is 19.1. The van der Waals surface area contributed by atoms with E-state index in [2.05, 4.69) is 51.0 Å². The van der Waals surface area contributed by atoms with Crippen molar-refractivity contribution < 1.29 is 4.79 Å². The highest BCUT2D eigenvalue weighted by molar-refractivity contribution is 5.94. The van der Waals surface area contributed by atoms with Gasteiger partial charge in [-0.05, 0) is 56.0 Å². The van der Waals surface area contributed by atoms with Gasteiger partial charge in [0.2, 0.25) is 0 Å². The number of amides is 1. The number of aryl methyl sites for hydroxylation is 1. The smallest absolute Gasteiger partial charge is 0.251 e. The molecule has 150 valence electrons. The van der Waals surface area contributed by atoms with Gasteiger partial charge >= 0.3 is 0 Å². The lowest BCUT2D eigenvalue weighted by molar-refractivity contribution is 0.0953. The van der Waals surface area contributed by atoms with Crippen molar-refractivity contribution in [3.05, 3.63) is 83.4 Å². The van der Waals surface area contributed by atoms with Gasteiger partial charge in [-0.25, -0.2) is 4.98 Å². The van der Waals surface area contributed by atoms with Gasteiger partial charge in [0.1, 0.15) is 5.82 Å². The molecule has 0 spiro atoms. The minimum Gasteiger partial charge on any atom is -0.368 e. The van der Waals surface area contributed by atoms with Gasteiger partial charge in [-0.3, -0.25) is 4.79 Å². The molecule has 1 N–H and O–H groups in total. The van der Waals surface area contributed by atoms with E-state index in [1.165, 1.54) is 11.3 Å². The maximum Gasteiger partial charge on any atom is 0.251 e. The molecule has 1 amide bonds. The molecule has 0 aliphatic carbocycles. The lowest BCUT2D eigenvalue weighted by Crippen LogP contribution is -2.33. The van der Waals surface area contributed by atoms with Crippen molar-refractivity contribution in [3.63, 3.8) is 0 Å². The summed E-state index contributed by atoms with van der Waals surface area (Å²) in [6.45, 7) is 6.67. The number of rotatable bonds is 7. The number of imidazole rings is 1. The van der Waals surface area contributed by atoms with Crippen LogP contribution in [0.25, 0.3) is 0 Å². The van der Waals surface area contributed by atoms with Gasteiger partial charge in [0, 0.05) is 49.3 Å². The third-order valence-corrected chi connectivity index (χ3v) is 5.70. The summed E-state index contributed by atoms with van der Waals surface area (Å²) in [6, 6.07) is 17.0. The van der Waals surface area contributed by atoms with Crippen LogP contribution in [0.3, 0.4) is 0 Å². The Morgan fingerprint density at radius 3 is 2.72 bits per heavy atom. The molecular weight excluding hydrogens is 360 g/mol. The Balaban J connectivity index is 1.25. The molecule has 0 saturated heterocycles. The molecule has 4 rings (SSSR count). The van der Waals surface area contributed by atoms with Gasteiger partial charge in [-0.2, -0.15) is 0 Å². The Hall–Kier alpha value is -3.08. The van der Waals surface area contributed by atoms with Gasteiger partial charge in [-0.15, -0.1) is 0 Å². The van der Waals surface area contributed by atoms with E-state index in [1.54, 1.807) is 6.20 Å². The van der Waals surface area contributed by atoms with Crippen molar-refractivity contribution in [1.29, 1.82) is 0 Å². The Bertz CT molecular complexity index is 977. The van der Waals surface area contributed by atoms with E-state index in [9.17, 15) is 4.79 Å². The van der Waals surface area contributed by atoms with Crippen LogP contribution in [0.4, 0.5) is 5.69 Å². The Labute approximate surface area is 172 Å². The topological polar surface area (TPSA) is 50.2 Å². The first kappa shape index (κ1) is 19.2. The Kier molecular flexibility index (Phi) is 5.65. The zero-order valence-electron chi connectivity index (χ0n) is 17.1. The number of benzene rings is 2. The highest BCUT2D eigenvalue weighted by atomic mass is 16.1. The number of nitrogens with zero attached hydrogens (tertiary/aromatic N) is 3. The standard InChI is InChI=1S/C24H28N4O/c1-18-16-22-6-3-4-7-23(22)28(18)14-5-12-26-24(29)21-10-8-20(9-11-21)17-27-15-13-25-19(27)2/h3-4,6-11,13,15,18H,5,12,14,16-17H2,1-2H3,(H,26,29)/t18-/m1/s1. The van der Waals surface area contributed by atoms with Crippen LogP contribution in [0.1, 0.15) is 40.7 Å². The monoisotopic (exact) mass is 388 g/mol. The van der Waals surface area contributed by atoms with Gasteiger partial charge in [0.25, 0.3) is 5.91 Å². The highest BCUT2D eigenvalue weighted by Gasteiger charge is 2.24. The second kappa shape index (κ2) is 8.52. The van der Waals surface area contributed by atoms with E-state index in [1.807, 2.05) is 37.4 Å². The normalized spacial score (nSPS) is 15.4. The molecule has 0 fully saturated rings. The molecule has 29 heavy (non-hydrogen) atoms. The molecule has 5 nitrogen and oxygen atoms in total. The van der Waals surface area contributed by atoms with Crippen molar-refractivity contribution in [1.82, 2.24) is 14.9 Å². The van der Waals surface area contributed by atoms with Crippen LogP contribution in [-0.2, 0) is 13.0 Å². The number of anilines is 1. The van der Waals surface area contributed by atoms with Gasteiger partial charge in [-0.1, -0.05) is 30.3 Å². The maximum atomic E-state index is 12.4. The van der Waals surface area contributed by atoms with E-state index in [0.717, 1.165) is 37.3 Å². The minimum absolute atomic E-state index is 0.00904. The van der Waals surface area contributed by atoms with Crippen LogP contribution in [0, 0.1) is 6.92 Å². The fourth-order valence-electron chi connectivity index (χ4n) is 4.05. The number of para-hydroxylation sites is 1. The molecule has 1 aliphatic rings. The van der Waals surface area contributed by atoms with Crippen LogP contribution in [-0.4, -0.2) is 34.6 Å². The summed E-state index contributed by atoms with van der Waals surface area (Å²) in [6.07, 6.45) is 5.81. The molecule has 2 aromatic carbocycles. The predicted octanol–water partition coefficient (Wildman–Crippen LogP) is 3.81. The SMILES string of the molecule is Cc1nccn1Cc1ccc(C(=O)NCCCN2c3ccccc3C[C@H]2C)cc1. The van der Waals surface area contributed by atoms with E-state index < -0.39 is 0 Å². The summed E-state index contributed by atoms with van der Waals surface area (Å²) in [5, 5.41) is 3.06. The number of carbonyl (C=O) groups is 1. The van der Waals surface area contributed by atoms with Crippen molar-refractivity contribution >= 4 is 11.6 Å². The molecule has 0 unspecified atom stereocenters. The number of hydrogen-bond acceptors (Lipinski definition) is 3. The molecule has 1 aromatic heterocycles. The molecule has 5 heteroatoms. The van der Waals surface area contributed by atoms with Crippen molar-refractivity contribution in [2.75, 3.05) is 18.0 Å². The zero-order valence-corrected chi connectivity index (χ0v) is 17.1. The fraction of sp³-hybridized carbons (Fsp3) is 0.333. The number of nitrogens with one attached hydrogen (secondary N) is 1. The number of carbonyl (C=O) groups excluding carboxylic acids is 1. The Morgan fingerprint density at radius 2 is 1.97 bits per heavy atom. The van der Waals surface area contributed by atoms with E-state index in [0.29, 0.717) is 18.2 Å². The molecule has 1 atom stereocenters. The Morgan fingerprint density at radius 1 is 1.17 bits per heavy atom. The first-order chi connectivity index (χ1) is 14.1. The lowest BCUT2D eigenvalue weighted by Gasteiger charge is -2.24. The van der Waals surface area contributed by atoms with E-state index >= 15 is 0 Å². The predicted molar refractivity (Wildman–Crippen MR) is 116 cm³/mol. The number of hydrogen-bond donors (Lipinski definition) is 1. The lowest BCUT2D eigenvalue weighted by atomic mass is 10.1. The van der Waals surface area contributed by atoms with Gasteiger partial charge in [0.05, 0.1) is 0 Å². The second-order valence-electron chi connectivity index (χ2n) is 7.78. The van der Waals surface area contributed by atoms with Crippen LogP contribution >= 0.6 is 0 Å². The second-order valence-corrected chi connectivity index (χ2v) is 7.78.